The van der Waals surface area contributed by atoms with Crippen LogP contribution in [0.3, 0.4) is 0 Å². The lowest BCUT2D eigenvalue weighted by Crippen LogP contribution is -2.48. The van der Waals surface area contributed by atoms with Gasteiger partial charge in [-0.1, -0.05) is 50.6 Å². The van der Waals surface area contributed by atoms with Crippen molar-refractivity contribution in [3.63, 3.8) is 0 Å². The maximum atomic E-state index is 13.0. The summed E-state index contributed by atoms with van der Waals surface area (Å²) in [6.45, 7) is 6.77. The zero-order chi connectivity index (χ0) is 21.0. The van der Waals surface area contributed by atoms with E-state index in [4.69, 9.17) is 4.42 Å². The van der Waals surface area contributed by atoms with Crippen LogP contribution in [0.15, 0.2) is 45.6 Å². The van der Waals surface area contributed by atoms with Gasteiger partial charge in [0.15, 0.2) is 0 Å². The van der Waals surface area contributed by atoms with Crippen molar-refractivity contribution in [2.24, 2.45) is 0 Å². The molecule has 0 radical (unpaired) electrons. The lowest BCUT2D eigenvalue weighted by atomic mass is 9.85. The van der Waals surface area contributed by atoms with E-state index in [0.29, 0.717) is 43.7 Å². The van der Waals surface area contributed by atoms with Crippen molar-refractivity contribution in [1.29, 1.82) is 0 Å². The Balaban J connectivity index is 1.70. The number of aryl methyl sites for hydroxylation is 1. The van der Waals surface area contributed by atoms with E-state index in [9.17, 15) is 14.7 Å². The molecule has 1 saturated heterocycles. The van der Waals surface area contributed by atoms with Crippen LogP contribution in [0.4, 0.5) is 0 Å². The van der Waals surface area contributed by atoms with E-state index >= 15 is 0 Å². The minimum atomic E-state index is -0.822. The Morgan fingerprint density at radius 2 is 1.90 bits per heavy atom. The van der Waals surface area contributed by atoms with Gasteiger partial charge in [-0.25, -0.2) is 4.79 Å². The fourth-order valence-corrected chi connectivity index (χ4v) is 4.14. The summed E-state index contributed by atoms with van der Waals surface area (Å²) >= 11 is 0. The third-order valence-electron chi connectivity index (χ3n) is 5.95. The van der Waals surface area contributed by atoms with Gasteiger partial charge in [-0.15, -0.1) is 0 Å². The molecule has 1 aliphatic rings. The number of benzene rings is 1. The third-order valence-corrected chi connectivity index (χ3v) is 5.95. The molecule has 1 aliphatic heterocycles. The molecule has 3 rings (SSSR count). The van der Waals surface area contributed by atoms with Crippen LogP contribution in [-0.4, -0.2) is 34.6 Å². The Hall–Kier alpha value is -2.40. The lowest BCUT2D eigenvalue weighted by Gasteiger charge is -2.38. The first-order chi connectivity index (χ1) is 13.8. The van der Waals surface area contributed by atoms with Crippen LogP contribution in [0.1, 0.15) is 72.7 Å². The number of piperidine rings is 1. The topological polar surface area (TPSA) is 70.8 Å². The maximum absolute atomic E-state index is 13.0. The van der Waals surface area contributed by atoms with Crippen LogP contribution in [0.2, 0.25) is 0 Å². The molecule has 1 atom stereocenters. The summed E-state index contributed by atoms with van der Waals surface area (Å²) in [5.41, 5.74) is 0.485. The van der Waals surface area contributed by atoms with Crippen molar-refractivity contribution < 1.29 is 14.3 Å². The predicted molar refractivity (Wildman–Crippen MR) is 113 cm³/mol. The van der Waals surface area contributed by atoms with E-state index in [1.54, 1.807) is 11.8 Å². The van der Waals surface area contributed by atoms with Gasteiger partial charge in [0.1, 0.15) is 11.3 Å². The number of rotatable bonds is 6. The molecule has 2 aromatic rings. The largest absolute Gasteiger partial charge is 0.427 e. The normalized spacial score (nSPS) is 17.2. The molecule has 156 valence electrons. The number of likely N-dealkylation sites (tertiary alicyclic amines) is 1. The van der Waals surface area contributed by atoms with Gasteiger partial charge in [-0.3, -0.25) is 4.79 Å². The number of hydrogen-bond acceptors (Lipinski definition) is 4. The number of amides is 1. The standard InChI is InChI=1S/C24H31NO4/c1-4-8-17(2)20-15-18(3)21(23(27)29-20)22(26)25-13-11-24(28,12-14-25)16-19-9-6-5-7-10-19/h5-7,9-10,15,17,28H,4,8,11-14,16H2,1-3H3. The Kier molecular flexibility index (Phi) is 6.58. The summed E-state index contributed by atoms with van der Waals surface area (Å²) in [6.07, 6.45) is 3.49. The van der Waals surface area contributed by atoms with Gasteiger partial charge >= 0.3 is 5.63 Å². The van der Waals surface area contributed by atoms with Crippen LogP contribution in [0.5, 0.6) is 0 Å². The summed E-state index contributed by atoms with van der Waals surface area (Å²) in [4.78, 5) is 27.2. The van der Waals surface area contributed by atoms with Crippen molar-refractivity contribution in [3.8, 4) is 0 Å². The quantitative estimate of drug-likeness (QED) is 0.798. The molecule has 1 aromatic carbocycles. The molecule has 1 aromatic heterocycles. The van der Waals surface area contributed by atoms with Crippen LogP contribution in [0.25, 0.3) is 0 Å². The molecule has 0 bridgehead atoms. The summed E-state index contributed by atoms with van der Waals surface area (Å²) in [5, 5.41) is 10.9. The third kappa shape index (κ3) is 4.96. The second-order valence-corrected chi connectivity index (χ2v) is 8.36. The predicted octanol–water partition coefficient (Wildman–Crippen LogP) is 4.06. The second-order valence-electron chi connectivity index (χ2n) is 8.36. The van der Waals surface area contributed by atoms with E-state index in [1.165, 1.54) is 0 Å². The summed E-state index contributed by atoms with van der Waals surface area (Å²) < 4.78 is 5.48. The highest BCUT2D eigenvalue weighted by atomic mass is 16.4. The van der Waals surface area contributed by atoms with Gasteiger partial charge in [-0.2, -0.15) is 0 Å². The lowest BCUT2D eigenvalue weighted by molar-refractivity contribution is -0.0163. The first kappa shape index (κ1) is 21.3. The van der Waals surface area contributed by atoms with Gasteiger partial charge < -0.3 is 14.4 Å². The molecular formula is C24H31NO4. The SMILES string of the molecule is CCCC(C)c1cc(C)c(C(=O)N2CCC(O)(Cc3ccccc3)CC2)c(=O)o1. The van der Waals surface area contributed by atoms with Crippen LogP contribution in [-0.2, 0) is 6.42 Å². The van der Waals surface area contributed by atoms with Crippen LogP contribution in [0, 0.1) is 6.92 Å². The summed E-state index contributed by atoms with van der Waals surface area (Å²) in [6, 6.07) is 11.7. The smallest absolute Gasteiger partial charge is 0.349 e. The number of carbonyl (C=O) groups is 1. The zero-order valence-corrected chi connectivity index (χ0v) is 17.6. The molecule has 1 fully saturated rings. The van der Waals surface area contributed by atoms with E-state index in [0.717, 1.165) is 18.4 Å². The monoisotopic (exact) mass is 397 g/mol. The molecular weight excluding hydrogens is 366 g/mol. The van der Waals surface area contributed by atoms with Gasteiger partial charge in [0, 0.05) is 25.4 Å². The Bertz CT molecular complexity index is 895. The number of nitrogens with zero attached hydrogens (tertiary/aromatic N) is 1. The highest BCUT2D eigenvalue weighted by Crippen LogP contribution is 2.28. The summed E-state index contributed by atoms with van der Waals surface area (Å²) in [5.74, 6) is 0.494. The molecule has 0 aliphatic carbocycles. The van der Waals surface area contributed by atoms with Gasteiger partial charge in [0.05, 0.1) is 5.60 Å². The van der Waals surface area contributed by atoms with Crippen molar-refractivity contribution in [1.82, 2.24) is 4.90 Å². The van der Waals surface area contributed by atoms with Gasteiger partial charge in [0.25, 0.3) is 5.91 Å². The molecule has 1 amide bonds. The Morgan fingerprint density at radius 3 is 2.48 bits per heavy atom. The second kappa shape index (κ2) is 8.95. The van der Waals surface area contributed by atoms with Crippen molar-refractivity contribution in [3.05, 3.63) is 69.3 Å². The molecule has 2 heterocycles. The average molecular weight is 398 g/mol. The molecule has 5 nitrogen and oxygen atoms in total. The van der Waals surface area contributed by atoms with E-state index < -0.39 is 11.2 Å². The number of hydrogen-bond donors (Lipinski definition) is 1. The van der Waals surface area contributed by atoms with Crippen molar-refractivity contribution >= 4 is 5.91 Å². The molecule has 0 saturated carbocycles. The highest BCUT2D eigenvalue weighted by Gasteiger charge is 2.35. The fourth-order valence-electron chi connectivity index (χ4n) is 4.14. The molecule has 1 N–H and O–H groups in total. The van der Waals surface area contributed by atoms with Crippen molar-refractivity contribution in [2.75, 3.05) is 13.1 Å². The minimum Gasteiger partial charge on any atom is -0.427 e. The first-order valence-corrected chi connectivity index (χ1v) is 10.5. The zero-order valence-electron chi connectivity index (χ0n) is 17.6. The highest BCUT2D eigenvalue weighted by molar-refractivity contribution is 5.95. The van der Waals surface area contributed by atoms with Crippen molar-refractivity contribution in [2.45, 2.75) is 64.4 Å². The Labute approximate surface area is 172 Å². The number of aliphatic hydroxyl groups is 1. The maximum Gasteiger partial charge on any atom is 0.349 e. The van der Waals surface area contributed by atoms with E-state index in [1.807, 2.05) is 43.3 Å². The molecule has 29 heavy (non-hydrogen) atoms. The average Bonchev–Trinajstić information content (AvgIpc) is 2.68. The van der Waals surface area contributed by atoms with Crippen LogP contribution < -0.4 is 5.63 Å². The summed E-state index contributed by atoms with van der Waals surface area (Å²) in [7, 11) is 0. The molecule has 1 unspecified atom stereocenters. The van der Waals surface area contributed by atoms with Gasteiger partial charge in [0.2, 0.25) is 0 Å². The Morgan fingerprint density at radius 1 is 1.24 bits per heavy atom. The van der Waals surface area contributed by atoms with Gasteiger partial charge in [-0.05, 0) is 43.4 Å². The van der Waals surface area contributed by atoms with Crippen LogP contribution >= 0.6 is 0 Å². The molecule has 0 spiro atoms. The van der Waals surface area contributed by atoms with E-state index in [-0.39, 0.29) is 17.4 Å². The minimum absolute atomic E-state index is 0.117. The molecule has 5 heteroatoms. The fraction of sp³-hybridized carbons (Fsp3) is 0.500. The number of carbonyl (C=O) groups excluding carboxylic acids is 1. The van der Waals surface area contributed by atoms with E-state index in [2.05, 4.69) is 6.92 Å². The first-order valence-electron chi connectivity index (χ1n) is 10.5.